The third-order valence-corrected chi connectivity index (χ3v) is 4.87. The van der Waals surface area contributed by atoms with Gasteiger partial charge >= 0.3 is 17.6 Å². The van der Waals surface area contributed by atoms with Crippen LogP contribution in [0.3, 0.4) is 0 Å². The number of aromatic nitrogens is 1. The van der Waals surface area contributed by atoms with Crippen LogP contribution >= 0.6 is 11.3 Å². The molecule has 0 unspecified atom stereocenters. The topological polar surface area (TPSA) is 126 Å². The van der Waals surface area contributed by atoms with Gasteiger partial charge in [0.25, 0.3) is 5.91 Å². The highest BCUT2D eigenvalue weighted by Crippen LogP contribution is 2.34. The number of rotatable bonds is 7. The second-order valence-electron chi connectivity index (χ2n) is 5.57. The molecule has 0 radical (unpaired) electrons. The Bertz CT molecular complexity index is 936. The normalized spacial score (nSPS) is 10.2. The van der Waals surface area contributed by atoms with Crippen molar-refractivity contribution in [2.75, 3.05) is 18.5 Å². The van der Waals surface area contributed by atoms with E-state index in [1.165, 1.54) is 25.1 Å². The molecule has 0 saturated carbocycles. The standard InChI is InChI=1S/C18H18N2O7S/c1-4-26-18(24)14-10(2)15(11(3)21)28-16(14)19-13(22)9-27-17(23)12-7-5-6-8-20(12)25/h5-8H,4,9H2,1-3H3,(H,19,22). The molecule has 1 N–H and O–H groups in total. The van der Waals surface area contributed by atoms with Crippen molar-refractivity contribution < 1.29 is 33.4 Å². The maximum atomic E-state index is 12.2. The van der Waals surface area contributed by atoms with E-state index in [1.807, 2.05) is 0 Å². The summed E-state index contributed by atoms with van der Waals surface area (Å²) in [4.78, 5) is 48.3. The number of hydrogen-bond donors (Lipinski definition) is 1. The van der Waals surface area contributed by atoms with Gasteiger partial charge in [0.1, 0.15) is 5.00 Å². The summed E-state index contributed by atoms with van der Waals surface area (Å²) in [5, 5.41) is 14.1. The van der Waals surface area contributed by atoms with Crippen LogP contribution in [0.2, 0.25) is 0 Å². The molecule has 2 rings (SSSR count). The van der Waals surface area contributed by atoms with Crippen LogP contribution in [-0.4, -0.2) is 36.8 Å². The van der Waals surface area contributed by atoms with Crippen molar-refractivity contribution in [3.8, 4) is 0 Å². The number of ketones is 1. The molecule has 28 heavy (non-hydrogen) atoms. The summed E-state index contributed by atoms with van der Waals surface area (Å²) < 4.78 is 10.1. The number of pyridine rings is 1. The molecule has 0 aliphatic carbocycles. The van der Waals surface area contributed by atoms with Crippen LogP contribution in [0.5, 0.6) is 0 Å². The Hall–Kier alpha value is -3.27. The van der Waals surface area contributed by atoms with Gasteiger partial charge < -0.3 is 20.0 Å². The molecule has 9 nitrogen and oxygen atoms in total. The van der Waals surface area contributed by atoms with Crippen LogP contribution in [0.15, 0.2) is 24.4 Å². The van der Waals surface area contributed by atoms with Gasteiger partial charge in [0.05, 0.1) is 17.0 Å². The van der Waals surface area contributed by atoms with E-state index in [0.29, 0.717) is 15.2 Å². The van der Waals surface area contributed by atoms with Crippen LogP contribution in [0, 0.1) is 12.1 Å². The summed E-state index contributed by atoms with van der Waals surface area (Å²) in [6.07, 6.45) is 1.12. The molecule has 0 bridgehead atoms. The van der Waals surface area contributed by atoms with Gasteiger partial charge in [-0.25, -0.2) is 9.59 Å². The maximum Gasteiger partial charge on any atom is 0.405 e. The average molecular weight is 406 g/mol. The number of amides is 1. The molecule has 1 amide bonds. The van der Waals surface area contributed by atoms with Crippen molar-refractivity contribution in [1.82, 2.24) is 0 Å². The number of carbonyl (C=O) groups is 4. The predicted molar refractivity (Wildman–Crippen MR) is 99.3 cm³/mol. The van der Waals surface area contributed by atoms with Gasteiger partial charge in [0, 0.05) is 12.1 Å². The van der Waals surface area contributed by atoms with E-state index >= 15 is 0 Å². The highest BCUT2D eigenvalue weighted by Gasteiger charge is 2.26. The fourth-order valence-electron chi connectivity index (χ4n) is 2.34. The fourth-order valence-corrected chi connectivity index (χ4v) is 3.45. The number of thiophene rings is 1. The van der Waals surface area contributed by atoms with Crippen molar-refractivity contribution in [3.05, 3.63) is 51.3 Å². The number of esters is 2. The number of carbonyl (C=O) groups excluding carboxylic acids is 4. The molecule has 0 aromatic carbocycles. The quantitative estimate of drug-likeness (QED) is 0.322. The maximum absolute atomic E-state index is 12.2. The zero-order valence-electron chi connectivity index (χ0n) is 15.4. The Morgan fingerprint density at radius 1 is 1.18 bits per heavy atom. The monoisotopic (exact) mass is 406 g/mol. The SMILES string of the molecule is CCOC(=O)c1c(NC(=O)COC(=O)c2cccc[n+]2[O-])sc(C(C)=O)c1C. The first-order chi connectivity index (χ1) is 13.3. The van der Waals surface area contributed by atoms with Crippen molar-refractivity contribution in [2.24, 2.45) is 0 Å². The summed E-state index contributed by atoms with van der Waals surface area (Å²) in [6.45, 7) is 4.01. The van der Waals surface area contributed by atoms with E-state index in [0.717, 1.165) is 17.5 Å². The Balaban J connectivity index is 2.14. The number of nitrogens with zero attached hydrogens (tertiary/aromatic N) is 1. The molecule has 2 aromatic heterocycles. The second kappa shape index (κ2) is 9.09. The summed E-state index contributed by atoms with van der Waals surface area (Å²) in [5.41, 5.74) is 0.213. The summed E-state index contributed by atoms with van der Waals surface area (Å²) in [5.74, 6) is -2.64. The molecule has 148 valence electrons. The van der Waals surface area contributed by atoms with Crippen molar-refractivity contribution in [3.63, 3.8) is 0 Å². The fraction of sp³-hybridized carbons (Fsp3) is 0.278. The van der Waals surface area contributed by atoms with Gasteiger partial charge in [-0.2, -0.15) is 4.73 Å². The molecule has 0 atom stereocenters. The van der Waals surface area contributed by atoms with Crippen LogP contribution in [0.25, 0.3) is 0 Å². The number of anilines is 1. The lowest BCUT2D eigenvalue weighted by Crippen LogP contribution is -2.35. The molecule has 0 aliphatic heterocycles. The molecule has 0 aliphatic rings. The Labute approximate surface area is 164 Å². The predicted octanol–water partition coefficient (Wildman–Crippen LogP) is 1.86. The zero-order valence-corrected chi connectivity index (χ0v) is 16.3. The van der Waals surface area contributed by atoms with Gasteiger partial charge in [-0.15, -0.1) is 11.3 Å². The number of hydrogen-bond acceptors (Lipinski definition) is 8. The molecule has 2 aromatic rings. The van der Waals surface area contributed by atoms with E-state index in [9.17, 15) is 24.4 Å². The lowest BCUT2D eigenvalue weighted by Gasteiger charge is -2.08. The number of ether oxygens (including phenoxy) is 2. The third kappa shape index (κ3) is 4.71. The minimum atomic E-state index is -0.969. The van der Waals surface area contributed by atoms with Crippen LogP contribution in [-0.2, 0) is 14.3 Å². The van der Waals surface area contributed by atoms with Gasteiger partial charge in [0.2, 0.25) is 0 Å². The lowest BCUT2D eigenvalue weighted by molar-refractivity contribution is -0.608. The minimum absolute atomic E-state index is 0.0807. The van der Waals surface area contributed by atoms with Crippen LogP contribution in [0.4, 0.5) is 5.00 Å². The van der Waals surface area contributed by atoms with Crippen molar-refractivity contribution >= 4 is 40.0 Å². The summed E-state index contributed by atoms with van der Waals surface area (Å²) in [7, 11) is 0. The summed E-state index contributed by atoms with van der Waals surface area (Å²) >= 11 is 0.933. The van der Waals surface area contributed by atoms with E-state index in [1.54, 1.807) is 13.8 Å². The molecule has 10 heteroatoms. The van der Waals surface area contributed by atoms with Crippen molar-refractivity contribution in [2.45, 2.75) is 20.8 Å². The molecular formula is C18H18N2O7S. The Kier molecular flexibility index (Phi) is 6.83. The first-order valence-corrected chi connectivity index (χ1v) is 9.04. The Morgan fingerprint density at radius 2 is 1.89 bits per heavy atom. The van der Waals surface area contributed by atoms with E-state index in [-0.39, 0.29) is 28.6 Å². The average Bonchev–Trinajstić information content (AvgIpc) is 2.96. The molecule has 2 heterocycles. The smallest absolute Gasteiger partial charge is 0.405 e. The largest absolute Gasteiger partial charge is 0.618 e. The van der Waals surface area contributed by atoms with Gasteiger partial charge in [-0.1, -0.05) is 0 Å². The Morgan fingerprint density at radius 3 is 2.50 bits per heavy atom. The molecule has 0 saturated heterocycles. The van der Waals surface area contributed by atoms with Crippen LogP contribution < -0.4 is 10.0 Å². The van der Waals surface area contributed by atoms with Gasteiger partial charge in [-0.3, -0.25) is 9.59 Å². The number of nitrogens with one attached hydrogen (secondary N) is 1. The van der Waals surface area contributed by atoms with Gasteiger partial charge in [-0.05, 0) is 32.4 Å². The highest BCUT2D eigenvalue weighted by atomic mass is 32.1. The van der Waals surface area contributed by atoms with Crippen LogP contribution in [0.1, 0.15) is 49.9 Å². The molecule has 0 fully saturated rings. The first-order valence-electron chi connectivity index (χ1n) is 8.22. The minimum Gasteiger partial charge on any atom is -0.618 e. The lowest BCUT2D eigenvalue weighted by atomic mass is 10.1. The molecule has 0 spiro atoms. The summed E-state index contributed by atoms with van der Waals surface area (Å²) in [6, 6.07) is 4.18. The second-order valence-corrected chi connectivity index (χ2v) is 6.59. The zero-order chi connectivity index (χ0) is 20.8. The van der Waals surface area contributed by atoms with Gasteiger partial charge in [0.15, 0.2) is 18.6 Å². The first kappa shape index (κ1) is 21.0. The third-order valence-electron chi connectivity index (χ3n) is 3.57. The van der Waals surface area contributed by atoms with E-state index in [4.69, 9.17) is 9.47 Å². The number of Topliss-reactive ketones (excluding diaryl/α,β-unsaturated/α-hetero) is 1. The van der Waals surface area contributed by atoms with Crippen molar-refractivity contribution in [1.29, 1.82) is 0 Å². The molecular weight excluding hydrogens is 388 g/mol. The highest BCUT2D eigenvalue weighted by molar-refractivity contribution is 7.18. The van der Waals surface area contributed by atoms with E-state index < -0.39 is 24.5 Å². The van der Waals surface area contributed by atoms with E-state index in [2.05, 4.69) is 5.32 Å².